The number of nitrogens with zero attached hydrogens (tertiary/aromatic N) is 1. The third-order valence-electron chi connectivity index (χ3n) is 2.96. The molecule has 1 aromatic carbocycles. The van der Waals surface area contributed by atoms with E-state index in [1.54, 1.807) is 6.92 Å². The monoisotopic (exact) mass is 320 g/mol. The summed E-state index contributed by atoms with van der Waals surface area (Å²) in [6, 6.07) is 5.66. The summed E-state index contributed by atoms with van der Waals surface area (Å²) in [4.78, 5) is 23.9. The normalized spacial score (nSPS) is 11.6. The van der Waals surface area contributed by atoms with Crippen LogP contribution in [0.1, 0.15) is 23.0 Å². The van der Waals surface area contributed by atoms with E-state index >= 15 is 0 Å². The largest absolute Gasteiger partial charge is 0.507 e. The number of hydrogen-bond acceptors (Lipinski definition) is 7. The van der Waals surface area contributed by atoms with Crippen molar-refractivity contribution in [3.05, 3.63) is 35.6 Å². The number of methoxy groups -OCH3 is 1. The van der Waals surface area contributed by atoms with Crippen LogP contribution in [0.3, 0.4) is 0 Å². The van der Waals surface area contributed by atoms with Gasteiger partial charge in [-0.3, -0.25) is 4.79 Å². The molecule has 0 saturated carbocycles. The summed E-state index contributed by atoms with van der Waals surface area (Å²) >= 11 is 0. The molecule has 23 heavy (non-hydrogen) atoms. The van der Waals surface area contributed by atoms with Crippen molar-refractivity contribution < 1.29 is 28.7 Å². The third-order valence-corrected chi connectivity index (χ3v) is 2.96. The summed E-state index contributed by atoms with van der Waals surface area (Å²) in [7, 11) is 1.44. The Morgan fingerprint density at radius 2 is 2.09 bits per heavy atom. The van der Waals surface area contributed by atoms with Crippen LogP contribution in [-0.4, -0.2) is 35.4 Å². The first-order valence-electron chi connectivity index (χ1n) is 6.73. The highest BCUT2D eigenvalue weighted by atomic mass is 16.5. The number of amides is 1. The van der Waals surface area contributed by atoms with Crippen molar-refractivity contribution in [1.29, 1.82) is 0 Å². The van der Waals surface area contributed by atoms with Crippen LogP contribution in [0.4, 0.5) is 5.82 Å². The van der Waals surface area contributed by atoms with Crippen LogP contribution in [0.5, 0.6) is 11.5 Å². The fourth-order valence-electron chi connectivity index (χ4n) is 1.74. The molecule has 2 aromatic rings. The van der Waals surface area contributed by atoms with Gasteiger partial charge in [-0.15, -0.1) is 0 Å². The van der Waals surface area contributed by atoms with Crippen LogP contribution < -0.4 is 10.1 Å². The molecule has 0 radical (unpaired) electrons. The van der Waals surface area contributed by atoms with E-state index in [2.05, 4.69) is 10.5 Å². The fraction of sp³-hybridized carbons (Fsp3) is 0.267. The molecule has 2 rings (SSSR count). The van der Waals surface area contributed by atoms with Gasteiger partial charge in [0.05, 0.1) is 7.11 Å². The Morgan fingerprint density at radius 1 is 1.35 bits per heavy atom. The molecule has 122 valence electrons. The zero-order valence-corrected chi connectivity index (χ0v) is 12.8. The quantitative estimate of drug-likeness (QED) is 0.809. The lowest BCUT2D eigenvalue weighted by Gasteiger charge is -2.13. The van der Waals surface area contributed by atoms with Gasteiger partial charge in [0.1, 0.15) is 22.8 Å². The van der Waals surface area contributed by atoms with Gasteiger partial charge in [0.15, 0.2) is 11.9 Å². The molecule has 0 spiro atoms. The van der Waals surface area contributed by atoms with E-state index in [1.165, 1.54) is 38.3 Å². The van der Waals surface area contributed by atoms with Crippen molar-refractivity contribution in [3.8, 4) is 11.5 Å². The summed E-state index contributed by atoms with van der Waals surface area (Å²) in [5.74, 6) is -0.542. The van der Waals surface area contributed by atoms with E-state index in [4.69, 9.17) is 14.0 Å². The summed E-state index contributed by atoms with van der Waals surface area (Å²) in [5.41, 5.74) is -0.0669. The number of aromatic hydroxyl groups is 1. The highest BCUT2D eigenvalue weighted by Gasteiger charge is 2.22. The van der Waals surface area contributed by atoms with E-state index in [0.717, 1.165) is 0 Å². The lowest BCUT2D eigenvalue weighted by molar-refractivity contribution is -0.123. The van der Waals surface area contributed by atoms with Gasteiger partial charge in [-0.2, -0.15) is 0 Å². The lowest BCUT2D eigenvalue weighted by Crippen LogP contribution is -2.30. The van der Waals surface area contributed by atoms with Crippen LogP contribution in [-0.2, 0) is 9.53 Å². The average Bonchev–Trinajstić information content (AvgIpc) is 2.91. The molecule has 0 saturated heterocycles. The highest BCUT2D eigenvalue weighted by molar-refractivity contribution is 5.97. The predicted octanol–water partition coefficient (Wildman–Crippen LogP) is 1.88. The molecule has 1 heterocycles. The van der Waals surface area contributed by atoms with Gasteiger partial charge in [0.25, 0.3) is 5.91 Å². The molecule has 0 bridgehead atoms. The van der Waals surface area contributed by atoms with Crippen LogP contribution in [0.25, 0.3) is 0 Å². The Balaban J connectivity index is 2.00. The number of rotatable bonds is 5. The molecule has 8 nitrogen and oxygen atoms in total. The number of esters is 1. The second-order valence-corrected chi connectivity index (χ2v) is 4.74. The summed E-state index contributed by atoms with van der Waals surface area (Å²) in [6.07, 6.45) is -1.08. The van der Waals surface area contributed by atoms with Crippen molar-refractivity contribution in [2.45, 2.75) is 20.0 Å². The molecular formula is C15H16N2O6. The lowest BCUT2D eigenvalue weighted by atomic mass is 10.2. The molecule has 0 unspecified atom stereocenters. The molecule has 1 aromatic heterocycles. The Labute approximate surface area is 132 Å². The molecule has 0 aliphatic carbocycles. The van der Waals surface area contributed by atoms with Crippen molar-refractivity contribution in [1.82, 2.24) is 5.16 Å². The number of ether oxygens (including phenoxy) is 2. The SMILES string of the molecule is COc1ccc(C(=O)O[C@H](C)C(=O)Nc2cc(C)on2)c(O)c1. The Kier molecular flexibility index (Phi) is 4.85. The van der Waals surface area contributed by atoms with Crippen molar-refractivity contribution in [2.75, 3.05) is 12.4 Å². The number of aromatic nitrogens is 1. The highest BCUT2D eigenvalue weighted by Crippen LogP contribution is 2.24. The third kappa shape index (κ3) is 4.00. The molecule has 0 fully saturated rings. The predicted molar refractivity (Wildman–Crippen MR) is 79.4 cm³/mol. The van der Waals surface area contributed by atoms with Crippen molar-refractivity contribution in [2.24, 2.45) is 0 Å². The molecule has 0 aliphatic rings. The number of nitrogens with one attached hydrogen (secondary N) is 1. The van der Waals surface area contributed by atoms with Crippen LogP contribution in [0.2, 0.25) is 0 Å². The van der Waals surface area contributed by atoms with E-state index in [9.17, 15) is 14.7 Å². The minimum atomic E-state index is -1.08. The average molecular weight is 320 g/mol. The minimum absolute atomic E-state index is 0.0669. The maximum atomic E-state index is 12.0. The second kappa shape index (κ2) is 6.82. The van der Waals surface area contributed by atoms with Crippen LogP contribution in [0, 0.1) is 6.92 Å². The standard InChI is InChI=1S/C15H16N2O6/c1-8-6-13(17-23-8)16-14(19)9(2)22-15(20)11-5-4-10(21-3)7-12(11)18/h4-7,9,18H,1-3H3,(H,16,17,19)/t9-/m1/s1. The van der Waals surface area contributed by atoms with Crippen LogP contribution >= 0.6 is 0 Å². The summed E-state index contributed by atoms with van der Waals surface area (Å²) < 4.78 is 14.8. The van der Waals surface area contributed by atoms with E-state index in [1.807, 2.05) is 0 Å². The Bertz CT molecular complexity index is 725. The maximum Gasteiger partial charge on any atom is 0.342 e. The zero-order valence-electron chi connectivity index (χ0n) is 12.8. The molecule has 0 aliphatic heterocycles. The van der Waals surface area contributed by atoms with Crippen LogP contribution in [0.15, 0.2) is 28.8 Å². The fourth-order valence-corrected chi connectivity index (χ4v) is 1.74. The van der Waals surface area contributed by atoms with Gasteiger partial charge in [0.2, 0.25) is 0 Å². The first-order chi connectivity index (χ1) is 10.9. The number of anilines is 1. The van der Waals surface area contributed by atoms with E-state index in [0.29, 0.717) is 11.5 Å². The van der Waals surface area contributed by atoms with Gasteiger partial charge < -0.3 is 24.4 Å². The topological polar surface area (TPSA) is 111 Å². The molecule has 8 heteroatoms. The summed E-state index contributed by atoms with van der Waals surface area (Å²) in [6.45, 7) is 3.08. The Morgan fingerprint density at radius 3 is 2.65 bits per heavy atom. The maximum absolute atomic E-state index is 12.0. The Hall–Kier alpha value is -3.03. The van der Waals surface area contributed by atoms with E-state index < -0.39 is 18.0 Å². The number of phenolic OH excluding ortho intramolecular Hbond substituents is 1. The number of phenols is 1. The van der Waals surface area contributed by atoms with Gasteiger partial charge >= 0.3 is 5.97 Å². The first kappa shape index (κ1) is 16.3. The smallest absolute Gasteiger partial charge is 0.342 e. The second-order valence-electron chi connectivity index (χ2n) is 4.74. The van der Waals surface area contributed by atoms with Gasteiger partial charge in [-0.05, 0) is 26.0 Å². The first-order valence-corrected chi connectivity index (χ1v) is 6.73. The number of hydrogen-bond donors (Lipinski definition) is 2. The van der Waals surface area contributed by atoms with Gasteiger partial charge in [-0.1, -0.05) is 5.16 Å². The van der Waals surface area contributed by atoms with Crippen molar-refractivity contribution >= 4 is 17.7 Å². The number of carbonyl (C=O) groups excluding carboxylic acids is 2. The van der Waals surface area contributed by atoms with Crippen molar-refractivity contribution in [3.63, 3.8) is 0 Å². The van der Waals surface area contributed by atoms with E-state index in [-0.39, 0.29) is 17.1 Å². The number of carbonyl (C=O) groups is 2. The molecule has 2 N–H and O–H groups in total. The molecule has 1 amide bonds. The minimum Gasteiger partial charge on any atom is -0.507 e. The van der Waals surface area contributed by atoms with Gasteiger partial charge in [0, 0.05) is 12.1 Å². The number of benzene rings is 1. The molecule has 1 atom stereocenters. The van der Waals surface area contributed by atoms with Gasteiger partial charge in [-0.25, -0.2) is 4.79 Å². The molecular weight excluding hydrogens is 304 g/mol. The number of aryl methyl sites for hydroxylation is 1. The summed E-state index contributed by atoms with van der Waals surface area (Å²) in [5, 5.41) is 15.8. The zero-order chi connectivity index (χ0) is 17.0.